The molecule has 0 aliphatic carbocycles. The van der Waals surface area contributed by atoms with E-state index in [0.29, 0.717) is 25.7 Å². The Morgan fingerprint density at radius 3 is 2.08 bits per heavy atom. The highest BCUT2D eigenvalue weighted by Gasteiger charge is 2.42. The minimum Gasteiger partial charge on any atom is -0.374 e. The van der Waals surface area contributed by atoms with E-state index in [2.05, 4.69) is 47.1 Å². The van der Waals surface area contributed by atoms with Crippen LogP contribution in [0.25, 0.3) is 0 Å². The molecule has 0 bridgehead atoms. The van der Waals surface area contributed by atoms with Gasteiger partial charge in [0, 0.05) is 11.2 Å². The summed E-state index contributed by atoms with van der Waals surface area (Å²) in [5.41, 5.74) is 2.35. The van der Waals surface area contributed by atoms with Crippen LogP contribution in [0.2, 0.25) is 0 Å². The van der Waals surface area contributed by atoms with Crippen LogP contribution in [0.4, 0.5) is 0 Å². The van der Waals surface area contributed by atoms with E-state index in [9.17, 15) is 0 Å². The first kappa shape index (κ1) is 18.6. The van der Waals surface area contributed by atoms with E-state index < -0.39 is 0 Å². The van der Waals surface area contributed by atoms with Crippen LogP contribution in [-0.4, -0.2) is 30.2 Å². The van der Waals surface area contributed by atoms with Crippen molar-refractivity contribution in [1.29, 1.82) is 0 Å². The van der Waals surface area contributed by atoms with Crippen molar-refractivity contribution in [2.45, 2.75) is 38.4 Å². The van der Waals surface area contributed by atoms with Crippen molar-refractivity contribution in [1.82, 2.24) is 0 Å². The van der Waals surface area contributed by atoms with E-state index in [-0.39, 0.29) is 18.3 Å². The monoisotopic (exact) mass is 404 g/mol. The topological polar surface area (TPSA) is 27.7 Å². The summed E-state index contributed by atoms with van der Waals surface area (Å²) in [5.74, 6) is 0.327. The molecule has 0 unspecified atom stereocenters. The summed E-state index contributed by atoms with van der Waals surface area (Å²) in [6.07, 6.45) is 0.162. The van der Waals surface area contributed by atoms with Crippen LogP contribution in [0.15, 0.2) is 60.7 Å². The molecule has 1 saturated heterocycles. The van der Waals surface area contributed by atoms with Gasteiger partial charge in [0.25, 0.3) is 0 Å². The van der Waals surface area contributed by atoms with Crippen molar-refractivity contribution < 1.29 is 14.2 Å². The third-order valence-corrected chi connectivity index (χ3v) is 5.29. The van der Waals surface area contributed by atoms with Gasteiger partial charge in [-0.15, -0.1) is 0 Å². The number of benzene rings is 2. The van der Waals surface area contributed by atoms with E-state index in [1.54, 1.807) is 0 Å². The van der Waals surface area contributed by atoms with Crippen molar-refractivity contribution in [3.63, 3.8) is 0 Å². The van der Waals surface area contributed by atoms with Crippen molar-refractivity contribution >= 4 is 15.9 Å². The zero-order chi connectivity index (χ0) is 17.5. The molecule has 2 aromatic rings. The summed E-state index contributed by atoms with van der Waals surface area (Å²) < 4.78 is 18.3. The number of halogens is 1. The van der Waals surface area contributed by atoms with Gasteiger partial charge in [0.2, 0.25) is 0 Å². The molecule has 3 rings (SSSR count). The molecule has 2 aromatic carbocycles. The lowest BCUT2D eigenvalue weighted by molar-refractivity contribution is -0.0702. The van der Waals surface area contributed by atoms with Crippen LogP contribution in [0.5, 0.6) is 0 Å². The molecule has 0 saturated carbocycles. The maximum Gasteiger partial charge on any atom is 0.108 e. The second-order valence-corrected chi connectivity index (χ2v) is 7.14. The van der Waals surface area contributed by atoms with Gasteiger partial charge < -0.3 is 14.2 Å². The largest absolute Gasteiger partial charge is 0.374 e. The summed E-state index contributed by atoms with van der Waals surface area (Å²) in [7, 11) is 0. The van der Waals surface area contributed by atoms with Gasteiger partial charge in [-0.05, 0) is 11.1 Å². The molecule has 1 aliphatic heterocycles. The Bertz CT molecular complexity index is 620. The number of hydrogen-bond acceptors (Lipinski definition) is 3. The lowest BCUT2D eigenvalue weighted by Crippen LogP contribution is -2.32. The zero-order valence-electron chi connectivity index (χ0n) is 14.5. The number of ether oxygens (including phenoxy) is 3. The van der Waals surface area contributed by atoms with Crippen LogP contribution < -0.4 is 0 Å². The smallest absolute Gasteiger partial charge is 0.108 e. The number of hydrogen-bond donors (Lipinski definition) is 0. The van der Waals surface area contributed by atoms with E-state index in [4.69, 9.17) is 14.2 Å². The van der Waals surface area contributed by atoms with Crippen molar-refractivity contribution in [3.05, 3.63) is 71.8 Å². The zero-order valence-corrected chi connectivity index (χ0v) is 16.1. The average Bonchev–Trinajstić information content (AvgIpc) is 2.97. The first-order valence-electron chi connectivity index (χ1n) is 8.76. The third-order valence-electron chi connectivity index (χ3n) is 4.65. The Balaban J connectivity index is 1.55. The molecule has 4 atom stereocenters. The summed E-state index contributed by atoms with van der Waals surface area (Å²) in [6.45, 7) is 3.93. The van der Waals surface area contributed by atoms with Crippen molar-refractivity contribution in [3.8, 4) is 0 Å². The van der Waals surface area contributed by atoms with E-state index in [1.165, 1.54) is 11.1 Å². The van der Waals surface area contributed by atoms with Crippen molar-refractivity contribution in [2.75, 3.05) is 11.9 Å². The highest BCUT2D eigenvalue weighted by Crippen LogP contribution is 2.31. The van der Waals surface area contributed by atoms with Crippen LogP contribution in [0.1, 0.15) is 18.1 Å². The molecule has 1 aliphatic rings. The molecule has 0 radical (unpaired) electrons. The van der Waals surface area contributed by atoms with E-state index in [0.717, 1.165) is 5.33 Å². The lowest BCUT2D eigenvalue weighted by atomic mass is 9.99. The number of rotatable bonds is 8. The molecule has 1 heterocycles. The van der Waals surface area contributed by atoms with Gasteiger partial charge >= 0.3 is 0 Å². The second-order valence-electron chi connectivity index (χ2n) is 6.49. The Morgan fingerprint density at radius 1 is 0.880 bits per heavy atom. The fourth-order valence-electron chi connectivity index (χ4n) is 3.18. The van der Waals surface area contributed by atoms with Crippen molar-refractivity contribution in [2.24, 2.45) is 5.92 Å². The molecule has 0 spiro atoms. The molecule has 134 valence electrons. The van der Waals surface area contributed by atoms with Gasteiger partial charge in [-0.3, -0.25) is 0 Å². The first-order valence-corrected chi connectivity index (χ1v) is 9.88. The summed E-state index contributed by atoms with van der Waals surface area (Å²) in [6, 6.07) is 20.5. The molecule has 0 N–H and O–H groups in total. The predicted octanol–water partition coefficient (Wildman–Crippen LogP) is 4.59. The lowest BCUT2D eigenvalue weighted by Gasteiger charge is -2.22. The molecule has 1 fully saturated rings. The molecular formula is C21H25BrO3. The van der Waals surface area contributed by atoms with Crippen LogP contribution in [0.3, 0.4) is 0 Å². The Labute approximate surface area is 158 Å². The molecule has 0 aromatic heterocycles. The summed E-state index contributed by atoms with van der Waals surface area (Å²) >= 11 is 3.55. The Morgan fingerprint density at radius 2 is 1.48 bits per heavy atom. The Kier molecular flexibility index (Phi) is 7.05. The van der Waals surface area contributed by atoms with Crippen LogP contribution >= 0.6 is 15.9 Å². The standard InChI is InChI=1S/C21H25BrO3/c1-16-19(12-22)25-20(15-23-13-17-8-4-2-5-9-17)21(16)24-14-18-10-6-3-7-11-18/h2-11,16,19-21H,12-15H2,1H3/t16-,19-,20-,21+/m1/s1. The van der Waals surface area contributed by atoms with E-state index in [1.807, 2.05) is 36.4 Å². The third kappa shape index (κ3) is 5.14. The SMILES string of the molecule is C[C@H]1[C@H](OCc2ccccc2)[C@@H](COCc2ccccc2)O[C@@H]1CBr. The predicted molar refractivity (Wildman–Crippen MR) is 103 cm³/mol. The van der Waals surface area contributed by atoms with Gasteiger partial charge in [0.15, 0.2) is 0 Å². The minimum absolute atomic E-state index is 0.0371. The maximum absolute atomic E-state index is 6.22. The summed E-state index contributed by atoms with van der Waals surface area (Å²) in [4.78, 5) is 0. The normalized spacial score (nSPS) is 26.0. The highest BCUT2D eigenvalue weighted by atomic mass is 79.9. The highest BCUT2D eigenvalue weighted by molar-refractivity contribution is 9.09. The van der Waals surface area contributed by atoms with Crippen LogP contribution in [0, 0.1) is 5.92 Å². The molecule has 0 amide bonds. The fraction of sp³-hybridized carbons (Fsp3) is 0.429. The van der Waals surface area contributed by atoms with Gasteiger partial charge in [-0.1, -0.05) is 83.5 Å². The van der Waals surface area contributed by atoms with Gasteiger partial charge in [0.05, 0.1) is 32.0 Å². The molecule has 3 nitrogen and oxygen atoms in total. The Hall–Kier alpha value is -1.20. The second kappa shape index (κ2) is 9.48. The fourth-order valence-corrected chi connectivity index (χ4v) is 3.92. The van der Waals surface area contributed by atoms with Crippen LogP contribution in [-0.2, 0) is 27.4 Å². The summed E-state index contributed by atoms with van der Waals surface area (Å²) in [5, 5.41) is 0.814. The average molecular weight is 405 g/mol. The molecule has 25 heavy (non-hydrogen) atoms. The number of alkyl halides is 1. The molecular weight excluding hydrogens is 380 g/mol. The van der Waals surface area contributed by atoms with Gasteiger partial charge in [-0.25, -0.2) is 0 Å². The first-order chi connectivity index (χ1) is 12.3. The van der Waals surface area contributed by atoms with E-state index >= 15 is 0 Å². The quantitative estimate of drug-likeness (QED) is 0.602. The van der Waals surface area contributed by atoms with Gasteiger partial charge in [0.1, 0.15) is 6.10 Å². The van der Waals surface area contributed by atoms with Gasteiger partial charge in [-0.2, -0.15) is 0 Å². The maximum atomic E-state index is 6.22. The molecule has 4 heteroatoms. The minimum atomic E-state index is -0.0371.